The summed E-state index contributed by atoms with van der Waals surface area (Å²) < 4.78 is 23.2. The Morgan fingerprint density at radius 2 is 1.68 bits per heavy atom. The van der Waals surface area contributed by atoms with Crippen LogP contribution >= 0.6 is 0 Å². The predicted octanol–water partition coefficient (Wildman–Crippen LogP) is 5.92. The van der Waals surface area contributed by atoms with Gasteiger partial charge in [-0.2, -0.15) is 0 Å². The summed E-state index contributed by atoms with van der Waals surface area (Å²) in [5.41, 5.74) is 2.79. The molecule has 0 N–H and O–H groups in total. The van der Waals surface area contributed by atoms with Gasteiger partial charge in [0.15, 0.2) is 17.3 Å². The van der Waals surface area contributed by atoms with Crippen LogP contribution in [0.1, 0.15) is 27.9 Å². The number of ether oxygens (including phenoxy) is 4. The molecule has 7 heteroatoms. The Kier molecular flexibility index (Phi) is 9.30. The van der Waals surface area contributed by atoms with Crippen molar-refractivity contribution in [2.24, 2.45) is 0 Å². The molecule has 0 radical (unpaired) electrons. The number of carbonyl (C=O) groups excluding carboxylic acids is 1. The van der Waals surface area contributed by atoms with Crippen molar-refractivity contribution in [2.75, 3.05) is 47.6 Å². The second kappa shape index (κ2) is 13.0. The summed E-state index contributed by atoms with van der Waals surface area (Å²) in [6.45, 7) is 4.98. The van der Waals surface area contributed by atoms with Crippen molar-refractivity contribution < 1.29 is 23.7 Å². The Labute approximate surface area is 223 Å². The molecular weight excluding hydrogens is 480 g/mol. The number of aromatic nitrogens is 1. The zero-order valence-corrected chi connectivity index (χ0v) is 22.4. The number of hydrogen-bond donors (Lipinski definition) is 0. The van der Waals surface area contributed by atoms with Crippen molar-refractivity contribution in [3.63, 3.8) is 0 Å². The number of rotatable bonds is 13. The highest BCUT2D eigenvalue weighted by molar-refractivity contribution is 6.11. The number of methoxy groups -OCH3 is 2. The molecule has 0 amide bonds. The smallest absolute Gasteiger partial charge is 0.196 e. The van der Waals surface area contributed by atoms with Crippen LogP contribution in [0.3, 0.4) is 0 Å². The normalized spacial score (nSPS) is 11.1. The molecule has 1 heterocycles. The lowest BCUT2D eigenvalue weighted by Crippen LogP contribution is -2.25. The maximum atomic E-state index is 13.3. The lowest BCUT2D eigenvalue weighted by molar-refractivity contribution is 0.103. The first-order valence-corrected chi connectivity index (χ1v) is 12.7. The van der Waals surface area contributed by atoms with Crippen molar-refractivity contribution in [3.8, 4) is 23.0 Å². The Morgan fingerprint density at radius 3 is 2.45 bits per heavy atom. The second-order valence-corrected chi connectivity index (χ2v) is 9.12. The minimum absolute atomic E-state index is 0.0937. The van der Waals surface area contributed by atoms with Crippen LogP contribution in [0, 0.1) is 6.92 Å². The molecule has 4 rings (SSSR count). The molecule has 1 aromatic heterocycles. The van der Waals surface area contributed by atoms with E-state index in [1.54, 1.807) is 38.6 Å². The van der Waals surface area contributed by atoms with Gasteiger partial charge >= 0.3 is 0 Å². The maximum Gasteiger partial charge on any atom is 0.196 e. The molecule has 0 fully saturated rings. The number of nitrogens with zero attached hydrogens (tertiary/aromatic N) is 2. The molecule has 0 aliphatic heterocycles. The van der Waals surface area contributed by atoms with Crippen LogP contribution in [0.25, 0.3) is 10.9 Å². The molecule has 0 spiro atoms. The number of benzene rings is 3. The fraction of sp³-hybridized carbons (Fsp3) is 0.290. The number of hydrogen-bond acceptors (Lipinski definition) is 7. The van der Waals surface area contributed by atoms with Gasteiger partial charge in [-0.05, 0) is 44.7 Å². The first-order valence-electron chi connectivity index (χ1n) is 12.7. The van der Waals surface area contributed by atoms with E-state index in [9.17, 15) is 4.79 Å². The molecule has 0 atom stereocenters. The summed E-state index contributed by atoms with van der Waals surface area (Å²) in [5.74, 6) is 2.18. The minimum atomic E-state index is -0.0937. The Morgan fingerprint density at radius 1 is 0.868 bits per heavy atom. The summed E-state index contributed by atoms with van der Waals surface area (Å²) in [4.78, 5) is 20.0. The van der Waals surface area contributed by atoms with Gasteiger partial charge in [-0.3, -0.25) is 9.78 Å². The van der Waals surface area contributed by atoms with Gasteiger partial charge in [0.1, 0.15) is 11.5 Å². The second-order valence-electron chi connectivity index (χ2n) is 9.12. The summed E-state index contributed by atoms with van der Waals surface area (Å²) in [6.07, 6.45) is 2.55. The summed E-state index contributed by atoms with van der Waals surface area (Å²) in [5, 5.41) is 0.759. The average Bonchev–Trinajstić information content (AvgIpc) is 2.94. The number of aryl methyl sites for hydroxylation is 1. The lowest BCUT2D eigenvalue weighted by Gasteiger charge is -2.17. The SMILES string of the molecule is COCCN(C)CCCOc1cc2nccc(Oc3ccc(C)cc3C(=O)c3ccccc3)c2cc1OC. The van der Waals surface area contributed by atoms with Gasteiger partial charge in [0.2, 0.25) is 0 Å². The van der Waals surface area contributed by atoms with Gasteiger partial charge < -0.3 is 23.8 Å². The Hall–Kier alpha value is -3.94. The molecule has 0 saturated heterocycles. The fourth-order valence-electron chi connectivity index (χ4n) is 4.14. The van der Waals surface area contributed by atoms with Crippen LogP contribution in [-0.4, -0.2) is 63.2 Å². The zero-order valence-electron chi connectivity index (χ0n) is 22.4. The molecule has 0 saturated carbocycles. The van der Waals surface area contributed by atoms with E-state index in [0.717, 1.165) is 30.5 Å². The van der Waals surface area contributed by atoms with Crippen molar-refractivity contribution in [3.05, 3.63) is 89.6 Å². The summed E-state index contributed by atoms with van der Waals surface area (Å²) >= 11 is 0. The molecule has 0 unspecified atom stereocenters. The topological polar surface area (TPSA) is 70.1 Å². The number of fused-ring (bicyclic) bond motifs is 1. The van der Waals surface area contributed by atoms with Crippen LogP contribution in [0.2, 0.25) is 0 Å². The van der Waals surface area contributed by atoms with E-state index < -0.39 is 0 Å². The van der Waals surface area contributed by atoms with E-state index in [2.05, 4.69) is 16.9 Å². The molecule has 7 nitrogen and oxygen atoms in total. The number of likely N-dealkylation sites (N-methyl/N-ethyl adjacent to an activating group) is 1. The average molecular weight is 515 g/mol. The van der Waals surface area contributed by atoms with Crippen molar-refractivity contribution in [2.45, 2.75) is 13.3 Å². The van der Waals surface area contributed by atoms with Gasteiger partial charge in [0, 0.05) is 43.4 Å². The van der Waals surface area contributed by atoms with Crippen molar-refractivity contribution in [1.82, 2.24) is 9.88 Å². The molecule has 0 aliphatic carbocycles. The van der Waals surface area contributed by atoms with Crippen molar-refractivity contribution in [1.29, 1.82) is 0 Å². The molecule has 0 bridgehead atoms. The molecule has 0 aliphatic rings. The lowest BCUT2D eigenvalue weighted by atomic mass is 10.0. The maximum absolute atomic E-state index is 13.3. The third-order valence-electron chi connectivity index (χ3n) is 6.24. The van der Waals surface area contributed by atoms with Crippen LogP contribution in [0.5, 0.6) is 23.0 Å². The molecule has 3 aromatic carbocycles. The van der Waals surface area contributed by atoms with Crippen LogP contribution in [0.4, 0.5) is 0 Å². The van der Waals surface area contributed by atoms with Gasteiger partial charge in [0.25, 0.3) is 0 Å². The van der Waals surface area contributed by atoms with Gasteiger partial charge in [-0.25, -0.2) is 0 Å². The largest absolute Gasteiger partial charge is 0.493 e. The van der Waals surface area contributed by atoms with Gasteiger partial charge in [-0.15, -0.1) is 0 Å². The van der Waals surface area contributed by atoms with E-state index in [-0.39, 0.29) is 5.78 Å². The monoisotopic (exact) mass is 514 g/mol. The molecule has 4 aromatic rings. The van der Waals surface area contributed by atoms with E-state index in [0.29, 0.717) is 52.9 Å². The number of ketones is 1. The predicted molar refractivity (Wildman–Crippen MR) is 149 cm³/mol. The highest BCUT2D eigenvalue weighted by Crippen LogP contribution is 2.38. The number of carbonyl (C=O) groups is 1. The Bertz CT molecular complexity index is 1370. The highest BCUT2D eigenvalue weighted by Gasteiger charge is 2.18. The van der Waals surface area contributed by atoms with Crippen LogP contribution in [-0.2, 0) is 4.74 Å². The molecule has 198 valence electrons. The van der Waals surface area contributed by atoms with E-state index in [1.807, 2.05) is 55.5 Å². The molecule has 38 heavy (non-hydrogen) atoms. The first-order chi connectivity index (χ1) is 18.5. The van der Waals surface area contributed by atoms with Gasteiger partial charge in [0.05, 0.1) is 31.4 Å². The third-order valence-corrected chi connectivity index (χ3v) is 6.24. The number of pyridine rings is 1. The highest BCUT2D eigenvalue weighted by atomic mass is 16.5. The molecular formula is C31H34N2O5. The van der Waals surface area contributed by atoms with Crippen LogP contribution in [0.15, 0.2) is 72.9 Å². The van der Waals surface area contributed by atoms with E-state index >= 15 is 0 Å². The first kappa shape index (κ1) is 27.1. The van der Waals surface area contributed by atoms with E-state index in [1.165, 1.54) is 0 Å². The quantitative estimate of drug-likeness (QED) is 0.162. The third kappa shape index (κ3) is 6.68. The summed E-state index contributed by atoms with van der Waals surface area (Å²) in [6, 6.07) is 20.3. The standard InChI is InChI=1S/C31H34N2O5/c1-22-11-12-27(25(19-22)31(34)23-9-6-5-7-10-23)38-28-13-14-32-26-21-30(29(36-4)20-24(26)28)37-17-8-15-33(2)16-18-35-3/h5-7,9-14,19-21H,8,15-18H2,1-4H3. The Balaban J connectivity index is 1.57. The van der Waals surface area contributed by atoms with Gasteiger partial charge in [-0.1, -0.05) is 42.0 Å². The zero-order chi connectivity index (χ0) is 26.9. The van der Waals surface area contributed by atoms with Crippen molar-refractivity contribution >= 4 is 16.7 Å². The summed E-state index contributed by atoms with van der Waals surface area (Å²) in [7, 11) is 5.38. The van der Waals surface area contributed by atoms with E-state index in [4.69, 9.17) is 18.9 Å². The van der Waals surface area contributed by atoms with Crippen LogP contribution < -0.4 is 14.2 Å². The fourth-order valence-corrected chi connectivity index (χ4v) is 4.14. The minimum Gasteiger partial charge on any atom is -0.493 e.